The molecule has 1 unspecified atom stereocenters. The third-order valence-corrected chi connectivity index (χ3v) is 3.89. The van der Waals surface area contributed by atoms with Crippen LogP contribution in [0.1, 0.15) is 42.4 Å². The number of ether oxygens (including phenoxy) is 2. The van der Waals surface area contributed by atoms with Crippen LogP contribution in [0.2, 0.25) is 5.02 Å². The Morgan fingerprint density at radius 3 is 2.27 bits per heavy atom. The Morgan fingerprint density at radius 2 is 1.69 bits per heavy atom. The molecule has 0 saturated carbocycles. The van der Waals surface area contributed by atoms with E-state index in [1.54, 1.807) is 55.5 Å². The number of esters is 1. The smallest absolute Gasteiger partial charge is 0.412 e. The van der Waals surface area contributed by atoms with Crippen molar-refractivity contribution in [3.63, 3.8) is 0 Å². The fraction of sp³-hybridized carbons (Fsp3) is 0.300. The molecule has 1 amide bonds. The lowest BCUT2D eigenvalue weighted by Crippen LogP contribution is -2.38. The first-order chi connectivity index (χ1) is 12.6. The molecule has 26 heavy (non-hydrogen) atoms. The minimum atomic E-state index is -0.904. The van der Waals surface area contributed by atoms with Crippen LogP contribution in [-0.4, -0.2) is 30.1 Å². The average Bonchev–Trinajstić information content (AvgIpc) is 2.66. The Bertz CT molecular complexity index is 718. The van der Waals surface area contributed by atoms with Crippen LogP contribution in [0.3, 0.4) is 0 Å². The van der Waals surface area contributed by atoms with E-state index in [0.29, 0.717) is 29.1 Å². The van der Waals surface area contributed by atoms with E-state index in [9.17, 15) is 9.59 Å². The number of halogens is 1. The first-order valence-corrected chi connectivity index (χ1v) is 8.89. The molecule has 2 rings (SSSR count). The van der Waals surface area contributed by atoms with Crippen LogP contribution in [0, 0.1) is 0 Å². The molecule has 0 spiro atoms. The summed E-state index contributed by atoms with van der Waals surface area (Å²) in [5.74, 6) is -0.518. The fourth-order valence-corrected chi connectivity index (χ4v) is 2.56. The molecular weight excluding hydrogens is 354 g/mol. The van der Waals surface area contributed by atoms with Crippen molar-refractivity contribution in [3.8, 4) is 0 Å². The highest BCUT2D eigenvalue weighted by atomic mass is 35.5. The van der Waals surface area contributed by atoms with Crippen LogP contribution < -0.4 is 0 Å². The van der Waals surface area contributed by atoms with Gasteiger partial charge in [0.15, 0.2) is 0 Å². The van der Waals surface area contributed by atoms with Crippen molar-refractivity contribution < 1.29 is 19.1 Å². The predicted octanol–water partition coefficient (Wildman–Crippen LogP) is 5.06. The van der Waals surface area contributed by atoms with Crippen molar-refractivity contribution in [2.45, 2.75) is 26.5 Å². The molecule has 0 radical (unpaired) electrons. The van der Waals surface area contributed by atoms with Gasteiger partial charge in [0.2, 0.25) is 6.23 Å². The number of hydrogen-bond acceptors (Lipinski definition) is 4. The fourth-order valence-electron chi connectivity index (χ4n) is 2.43. The van der Waals surface area contributed by atoms with Gasteiger partial charge < -0.3 is 9.47 Å². The molecule has 0 aliphatic carbocycles. The van der Waals surface area contributed by atoms with Gasteiger partial charge in [0, 0.05) is 17.1 Å². The summed E-state index contributed by atoms with van der Waals surface area (Å²) in [5, 5.41) is 0.556. The van der Waals surface area contributed by atoms with E-state index in [1.807, 2.05) is 13.0 Å². The van der Waals surface area contributed by atoms with Crippen molar-refractivity contribution >= 4 is 23.7 Å². The standard InChI is InChI=1S/C20H22ClNO4/c1-3-14-22(20(24)25-4-2)18(15-10-12-17(21)13-11-15)26-19(23)16-8-6-5-7-9-16/h5-13,18H,3-4,14H2,1-2H3. The zero-order chi connectivity index (χ0) is 18.9. The Morgan fingerprint density at radius 1 is 1.04 bits per heavy atom. The third-order valence-electron chi connectivity index (χ3n) is 3.63. The quantitative estimate of drug-likeness (QED) is 0.501. The maximum atomic E-state index is 12.6. The number of amides is 1. The molecule has 6 heteroatoms. The van der Waals surface area contributed by atoms with Gasteiger partial charge in [-0.05, 0) is 37.6 Å². The molecular formula is C20H22ClNO4. The molecule has 2 aromatic carbocycles. The van der Waals surface area contributed by atoms with Crippen molar-refractivity contribution in [2.24, 2.45) is 0 Å². The highest BCUT2D eigenvalue weighted by Gasteiger charge is 2.29. The first kappa shape index (κ1) is 19.8. The molecule has 0 aromatic heterocycles. The Hall–Kier alpha value is -2.53. The highest BCUT2D eigenvalue weighted by Crippen LogP contribution is 2.26. The summed E-state index contributed by atoms with van der Waals surface area (Å²) in [5.41, 5.74) is 1.05. The summed E-state index contributed by atoms with van der Waals surface area (Å²) in [7, 11) is 0. The summed E-state index contributed by atoms with van der Waals surface area (Å²) in [6.07, 6.45) is -0.750. The van der Waals surface area contributed by atoms with E-state index >= 15 is 0 Å². The predicted molar refractivity (Wildman–Crippen MR) is 100 cm³/mol. The third kappa shape index (κ3) is 5.23. The molecule has 2 aromatic rings. The molecule has 138 valence electrons. The van der Waals surface area contributed by atoms with Gasteiger partial charge in [-0.1, -0.05) is 48.9 Å². The average molecular weight is 376 g/mol. The number of hydrogen-bond donors (Lipinski definition) is 0. The van der Waals surface area contributed by atoms with Crippen LogP contribution >= 0.6 is 11.6 Å². The number of rotatable bonds is 7. The monoisotopic (exact) mass is 375 g/mol. The van der Waals surface area contributed by atoms with Crippen LogP contribution in [-0.2, 0) is 9.47 Å². The van der Waals surface area contributed by atoms with Gasteiger partial charge in [0.05, 0.1) is 12.2 Å². The lowest BCUT2D eigenvalue weighted by molar-refractivity contribution is -0.0316. The summed E-state index contributed by atoms with van der Waals surface area (Å²) in [4.78, 5) is 26.4. The molecule has 0 aliphatic rings. The normalized spacial score (nSPS) is 11.5. The van der Waals surface area contributed by atoms with Gasteiger partial charge in [0.25, 0.3) is 0 Å². The Kier molecular flexibility index (Phi) is 7.48. The number of benzene rings is 2. The van der Waals surface area contributed by atoms with E-state index in [-0.39, 0.29) is 6.61 Å². The molecule has 1 atom stereocenters. The zero-order valence-electron chi connectivity index (χ0n) is 14.9. The number of carbonyl (C=O) groups excluding carboxylic acids is 2. The summed E-state index contributed by atoms with van der Waals surface area (Å²) >= 11 is 5.96. The second kappa shape index (κ2) is 9.82. The molecule has 0 N–H and O–H groups in total. The topological polar surface area (TPSA) is 55.8 Å². The molecule has 0 heterocycles. The van der Waals surface area contributed by atoms with Crippen LogP contribution in [0.15, 0.2) is 54.6 Å². The van der Waals surface area contributed by atoms with Crippen LogP contribution in [0.4, 0.5) is 4.79 Å². The van der Waals surface area contributed by atoms with Crippen LogP contribution in [0.25, 0.3) is 0 Å². The van der Waals surface area contributed by atoms with Gasteiger partial charge in [-0.15, -0.1) is 0 Å². The van der Waals surface area contributed by atoms with Gasteiger partial charge in [-0.3, -0.25) is 4.90 Å². The van der Waals surface area contributed by atoms with E-state index in [4.69, 9.17) is 21.1 Å². The number of carbonyl (C=O) groups is 2. The molecule has 5 nitrogen and oxygen atoms in total. The van der Waals surface area contributed by atoms with Crippen LogP contribution in [0.5, 0.6) is 0 Å². The maximum Gasteiger partial charge on any atom is 0.412 e. The van der Waals surface area contributed by atoms with Gasteiger partial charge in [0.1, 0.15) is 0 Å². The molecule has 0 fully saturated rings. The number of nitrogens with zero attached hydrogens (tertiary/aromatic N) is 1. The Balaban J connectivity index is 2.35. The minimum absolute atomic E-state index is 0.235. The molecule has 0 aliphatic heterocycles. The van der Waals surface area contributed by atoms with E-state index in [0.717, 1.165) is 0 Å². The van der Waals surface area contributed by atoms with E-state index in [1.165, 1.54) is 4.90 Å². The maximum absolute atomic E-state index is 12.6. The van der Waals surface area contributed by atoms with E-state index < -0.39 is 18.3 Å². The van der Waals surface area contributed by atoms with Crippen molar-refractivity contribution in [3.05, 3.63) is 70.7 Å². The summed E-state index contributed by atoms with van der Waals surface area (Å²) < 4.78 is 10.8. The van der Waals surface area contributed by atoms with E-state index in [2.05, 4.69) is 0 Å². The zero-order valence-corrected chi connectivity index (χ0v) is 15.6. The van der Waals surface area contributed by atoms with Gasteiger partial charge in [-0.25, -0.2) is 9.59 Å². The lowest BCUT2D eigenvalue weighted by Gasteiger charge is -2.30. The molecule has 0 bridgehead atoms. The Labute approximate surface area is 158 Å². The lowest BCUT2D eigenvalue weighted by atomic mass is 10.1. The second-order valence-electron chi connectivity index (χ2n) is 5.57. The molecule has 0 saturated heterocycles. The van der Waals surface area contributed by atoms with Gasteiger partial charge in [-0.2, -0.15) is 0 Å². The summed E-state index contributed by atoms with van der Waals surface area (Å²) in [6.45, 7) is 4.28. The SMILES string of the molecule is CCCN(C(=O)OCC)C(OC(=O)c1ccccc1)c1ccc(Cl)cc1. The van der Waals surface area contributed by atoms with Crippen molar-refractivity contribution in [1.82, 2.24) is 4.90 Å². The largest absolute Gasteiger partial charge is 0.450 e. The second-order valence-corrected chi connectivity index (χ2v) is 6.00. The minimum Gasteiger partial charge on any atom is -0.450 e. The van der Waals surface area contributed by atoms with Crippen molar-refractivity contribution in [2.75, 3.05) is 13.2 Å². The first-order valence-electron chi connectivity index (χ1n) is 8.51. The highest BCUT2D eigenvalue weighted by molar-refractivity contribution is 6.30. The van der Waals surface area contributed by atoms with Gasteiger partial charge >= 0.3 is 12.1 Å². The summed E-state index contributed by atoms with van der Waals surface area (Å²) in [6, 6.07) is 15.5. The van der Waals surface area contributed by atoms with Crippen molar-refractivity contribution in [1.29, 1.82) is 0 Å².